The van der Waals surface area contributed by atoms with Crippen LogP contribution in [0.1, 0.15) is 11.1 Å². The number of rotatable bonds is 0. The number of hydrogen-bond donors (Lipinski definition) is 0. The highest BCUT2D eigenvalue weighted by molar-refractivity contribution is 9.10. The molecule has 0 saturated carbocycles. The molecule has 0 saturated heterocycles. The van der Waals surface area contributed by atoms with E-state index in [1.165, 1.54) is 0 Å². The topological polar surface area (TPSA) is 23.8 Å². The summed E-state index contributed by atoms with van der Waals surface area (Å²) in [5.74, 6) is 0. The van der Waals surface area contributed by atoms with E-state index in [9.17, 15) is 0 Å². The van der Waals surface area contributed by atoms with E-state index in [0.717, 1.165) is 10.0 Å². The fraction of sp³-hybridized carbons (Fsp3) is 0.125. The number of nitriles is 1. The lowest BCUT2D eigenvalue weighted by Crippen LogP contribution is -1.82. The van der Waals surface area contributed by atoms with Crippen LogP contribution >= 0.6 is 27.5 Å². The predicted octanol–water partition coefficient (Wildman–Crippen LogP) is 3.28. The van der Waals surface area contributed by atoms with Gasteiger partial charge < -0.3 is 0 Å². The predicted molar refractivity (Wildman–Crippen MR) is 48.6 cm³/mol. The van der Waals surface area contributed by atoms with Crippen LogP contribution in [0.2, 0.25) is 5.02 Å². The van der Waals surface area contributed by atoms with Gasteiger partial charge in [0, 0.05) is 9.50 Å². The van der Waals surface area contributed by atoms with Gasteiger partial charge in [-0.05, 0) is 40.5 Å². The first-order chi connectivity index (χ1) is 5.16. The molecule has 0 aromatic heterocycles. The Balaban J connectivity index is 3.40. The van der Waals surface area contributed by atoms with Crippen molar-refractivity contribution in [1.82, 2.24) is 0 Å². The molecule has 1 rings (SSSR count). The maximum atomic E-state index is 8.61. The molecular formula is C8H5BrClN. The highest BCUT2D eigenvalue weighted by atomic mass is 79.9. The van der Waals surface area contributed by atoms with E-state index in [-0.39, 0.29) is 0 Å². The van der Waals surface area contributed by atoms with Gasteiger partial charge in [0.2, 0.25) is 0 Å². The van der Waals surface area contributed by atoms with Gasteiger partial charge in [-0.3, -0.25) is 0 Å². The lowest BCUT2D eigenvalue weighted by atomic mass is 10.1. The van der Waals surface area contributed by atoms with E-state index >= 15 is 0 Å². The first-order valence-corrected chi connectivity index (χ1v) is 4.18. The van der Waals surface area contributed by atoms with E-state index in [4.69, 9.17) is 16.9 Å². The average molecular weight is 230 g/mol. The molecule has 0 radical (unpaired) electrons. The van der Waals surface area contributed by atoms with Crippen LogP contribution in [0.25, 0.3) is 0 Å². The molecule has 0 heterocycles. The molecule has 1 nitrogen and oxygen atoms in total. The zero-order valence-corrected chi connectivity index (χ0v) is 8.20. The zero-order valence-electron chi connectivity index (χ0n) is 5.86. The van der Waals surface area contributed by atoms with Crippen LogP contribution in [0, 0.1) is 18.3 Å². The van der Waals surface area contributed by atoms with Crippen molar-refractivity contribution in [3.8, 4) is 6.07 Å². The van der Waals surface area contributed by atoms with Gasteiger partial charge in [0.25, 0.3) is 0 Å². The second-order valence-corrected chi connectivity index (χ2v) is 3.35. The zero-order chi connectivity index (χ0) is 8.43. The molecule has 0 fully saturated rings. The van der Waals surface area contributed by atoms with Crippen molar-refractivity contribution in [2.75, 3.05) is 0 Å². The Morgan fingerprint density at radius 2 is 2.18 bits per heavy atom. The van der Waals surface area contributed by atoms with E-state index in [1.807, 2.05) is 6.92 Å². The summed E-state index contributed by atoms with van der Waals surface area (Å²) in [6.07, 6.45) is 0. The molecule has 1 aromatic rings. The van der Waals surface area contributed by atoms with Crippen LogP contribution in [-0.4, -0.2) is 0 Å². The standard InChI is InChI=1S/C8H5BrClN/c1-5-7(10)3-2-6(4-11)8(5)9/h2-3H,1H3. The van der Waals surface area contributed by atoms with Crippen molar-refractivity contribution in [1.29, 1.82) is 5.26 Å². The van der Waals surface area contributed by atoms with Crippen LogP contribution in [0.15, 0.2) is 16.6 Å². The fourth-order valence-electron chi connectivity index (χ4n) is 0.748. The smallest absolute Gasteiger partial charge is 0.100 e. The summed E-state index contributed by atoms with van der Waals surface area (Å²) in [7, 11) is 0. The lowest BCUT2D eigenvalue weighted by molar-refractivity contribution is 1.38. The van der Waals surface area contributed by atoms with Gasteiger partial charge in [0.05, 0.1) is 5.56 Å². The minimum Gasteiger partial charge on any atom is -0.192 e. The van der Waals surface area contributed by atoms with Crippen molar-refractivity contribution >= 4 is 27.5 Å². The molecule has 0 aliphatic heterocycles. The first-order valence-electron chi connectivity index (χ1n) is 3.01. The molecule has 0 unspecified atom stereocenters. The second kappa shape index (κ2) is 3.25. The van der Waals surface area contributed by atoms with E-state index in [2.05, 4.69) is 22.0 Å². The molecule has 0 bridgehead atoms. The highest BCUT2D eigenvalue weighted by Crippen LogP contribution is 2.26. The molecule has 0 spiro atoms. The SMILES string of the molecule is Cc1c(Cl)ccc(C#N)c1Br. The third-order valence-corrected chi connectivity index (χ3v) is 2.87. The monoisotopic (exact) mass is 229 g/mol. The van der Waals surface area contributed by atoms with Gasteiger partial charge in [-0.1, -0.05) is 11.6 Å². The van der Waals surface area contributed by atoms with Crippen LogP contribution in [-0.2, 0) is 0 Å². The van der Waals surface area contributed by atoms with Crippen LogP contribution < -0.4 is 0 Å². The van der Waals surface area contributed by atoms with Crippen molar-refractivity contribution < 1.29 is 0 Å². The summed E-state index contributed by atoms with van der Waals surface area (Å²) in [5.41, 5.74) is 1.53. The quantitative estimate of drug-likeness (QED) is 0.671. The minimum absolute atomic E-state index is 0.618. The van der Waals surface area contributed by atoms with Crippen molar-refractivity contribution in [2.24, 2.45) is 0 Å². The van der Waals surface area contributed by atoms with Crippen molar-refractivity contribution in [3.63, 3.8) is 0 Å². The second-order valence-electron chi connectivity index (χ2n) is 2.15. The summed E-state index contributed by atoms with van der Waals surface area (Å²) in [6.45, 7) is 1.87. The lowest BCUT2D eigenvalue weighted by Gasteiger charge is -2.01. The van der Waals surface area contributed by atoms with Crippen LogP contribution in [0.5, 0.6) is 0 Å². The Kier molecular flexibility index (Phi) is 2.53. The Hall–Kier alpha value is -0.520. The van der Waals surface area contributed by atoms with E-state index in [1.54, 1.807) is 12.1 Å². The van der Waals surface area contributed by atoms with Gasteiger partial charge in [0.15, 0.2) is 0 Å². The fourth-order valence-corrected chi connectivity index (χ4v) is 1.45. The summed E-state index contributed by atoms with van der Waals surface area (Å²) in [4.78, 5) is 0. The minimum atomic E-state index is 0.618. The van der Waals surface area contributed by atoms with Crippen LogP contribution in [0.4, 0.5) is 0 Å². The Morgan fingerprint density at radius 3 is 2.73 bits per heavy atom. The highest BCUT2D eigenvalue weighted by Gasteiger charge is 2.04. The summed E-state index contributed by atoms with van der Waals surface area (Å²) < 4.78 is 0.785. The van der Waals surface area contributed by atoms with Crippen molar-refractivity contribution in [3.05, 3.63) is 32.8 Å². The van der Waals surface area contributed by atoms with Gasteiger partial charge >= 0.3 is 0 Å². The number of halogens is 2. The number of benzene rings is 1. The molecule has 0 aliphatic rings. The van der Waals surface area contributed by atoms with Gasteiger partial charge in [-0.25, -0.2) is 0 Å². The molecule has 0 amide bonds. The Labute approximate surface area is 78.7 Å². The Bertz CT molecular complexity index is 328. The summed E-state index contributed by atoms with van der Waals surface area (Å²) in [6, 6.07) is 5.47. The van der Waals surface area contributed by atoms with Crippen molar-refractivity contribution in [2.45, 2.75) is 6.92 Å². The van der Waals surface area contributed by atoms with Gasteiger partial charge in [-0.15, -0.1) is 0 Å². The maximum Gasteiger partial charge on any atom is 0.100 e. The molecule has 0 atom stereocenters. The molecule has 3 heteroatoms. The Morgan fingerprint density at radius 1 is 1.55 bits per heavy atom. The number of nitrogens with zero attached hydrogens (tertiary/aromatic N) is 1. The van der Waals surface area contributed by atoms with E-state index < -0.39 is 0 Å². The van der Waals surface area contributed by atoms with Gasteiger partial charge in [0.1, 0.15) is 6.07 Å². The molecular weight excluding hydrogens is 225 g/mol. The maximum absolute atomic E-state index is 8.61. The first kappa shape index (κ1) is 8.58. The molecule has 0 N–H and O–H groups in total. The molecule has 1 aromatic carbocycles. The summed E-state index contributed by atoms with van der Waals surface area (Å²) in [5, 5.41) is 9.29. The normalized spacial score (nSPS) is 9.27. The third kappa shape index (κ3) is 1.55. The summed E-state index contributed by atoms with van der Waals surface area (Å²) >= 11 is 9.09. The molecule has 11 heavy (non-hydrogen) atoms. The molecule has 56 valence electrons. The van der Waals surface area contributed by atoms with E-state index in [0.29, 0.717) is 10.6 Å². The van der Waals surface area contributed by atoms with Gasteiger partial charge in [-0.2, -0.15) is 5.26 Å². The van der Waals surface area contributed by atoms with Crippen LogP contribution in [0.3, 0.4) is 0 Å². The largest absolute Gasteiger partial charge is 0.192 e. The molecule has 0 aliphatic carbocycles. The average Bonchev–Trinajstić information content (AvgIpc) is 2.01. The number of hydrogen-bond acceptors (Lipinski definition) is 1. The third-order valence-electron chi connectivity index (χ3n) is 1.44.